The largest absolute Gasteiger partial charge is 0.479 e. The highest BCUT2D eigenvalue weighted by atomic mass is 16.5. The molecule has 0 fully saturated rings. The lowest BCUT2D eigenvalue weighted by Crippen LogP contribution is -2.00. The minimum absolute atomic E-state index is 0.0330. The van der Waals surface area contributed by atoms with Gasteiger partial charge in [-0.15, -0.1) is 0 Å². The van der Waals surface area contributed by atoms with Crippen molar-refractivity contribution in [1.82, 2.24) is 0 Å². The van der Waals surface area contributed by atoms with Crippen LogP contribution in [-0.4, -0.2) is 25.5 Å². The Labute approximate surface area is 139 Å². The highest BCUT2D eigenvalue weighted by molar-refractivity contribution is 6.06. The van der Waals surface area contributed by atoms with Crippen LogP contribution in [-0.2, 0) is 4.74 Å². The number of carbonyl (C=O) groups excluding carboxylic acids is 2. The molecule has 0 saturated heterocycles. The second-order valence-electron chi connectivity index (χ2n) is 4.78. The Morgan fingerprint density at radius 3 is 2.25 bits per heavy atom. The lowest BCUT2D eigenvalue weighted by atomic mass is 10.1. The first-order valence-electron chi connectivity index (χ1n) is 7.14. The zero-order valence-electron chi connectivity index (χ0n) is 13.1. The molecule has 0 aliphatic heterocycles. The van der Waals surface area contributed by atoms with Crippen LogP contribution >= 0.6 is 0 Å². The summed E-state index contributed by atoms with van der Waals surface area (Å²) in [6.07, 6.45) is 3.13. The summed E-state index contributed by atoms with van der Waals surface area (Å²) in [6.45, 7) is -0.0330. The first-order chi connectivity index (χ1) is 11.6. The molecular formula is C19H15NO4. The Morgan fingerprint density at radius 2 is 1.67 bits per heavy atom. The Bertz CT molecular complexity index is 784. The Morgan fingerprint density at radius 1 is 1.04 bits per heavy atom. The molecule has 0 amide bonds. The summed E-state index contributed by atoms with van der Waals surface area (Å²) in [7, 11) is 1.32. The van der Waals surface area contributed by atoms with E-state index >= 15 is 0 Å². The number of hydrogen-bond acceptors (Lipinski definition) is 5. The fourth-order valence-corrected chi connectivity index (χ4v) is 1.95. The minimum atomic E-state index is -0.402. The molecule has 120 valence electrons. The molecule has 0 N–H and O–H groups in total. The first-order valence-corrected chi connectivity index (χ1v) is 7.14. The van der Waals surface area contributed by atoms with E-state index in [1.165, 1.54) is 13.2 Å². The quantitative estimate of drug-likeness (QED) is 0.463. The smallest absolute Gasteiger partial charge is 0.337 e. The number of nitriles is 1. The van der Waals surface area contributed by atoms with Gasteiger partial charge < -0.3 is 9.47 Å². The van der Waals surface area contributed by atoms with E-state index in [0.717, 1.165) is 5.56 Å². The van der Waals surface area contributed by atoms with Gasteiger partial charge in [0.05, 0.1) is 12.7 Å². The third kappa shape index (κ3) is 4.55. The number of methoxy groups -OCH3 is 1. The van der Waals surface area contributed by atoms with Crippen LogP contribution in [0.3, 0.4) is 0 Å². The number of esters is 1. The van der Waals surface area contributed by atoms with Crippen LogP contribution in [0.2, 0.25) is 0 Å². The fraction of sp³-hybridized carbons (Fsp3) is 0.105. The van der Waals surface area contributed by atoms with Gasteiger partial charge in [-0.05, 0) is 48.0 Å². The van der Waals surface area contributed by atoms with Crippen LogP contribution < -0.4 is 4.74 Å². The summed E-state index contributed by atoms with van der Waals surface area (Å²) in [5, 5.41) is 8.45. The summed E-state index contributed by atoms with van der Waals surface area (Å²) in [5.74, 6) is -0.0188. The van der Waals surface area contributed by atoms with Gasteiger partial charge in [-0.25, -0.2) is 4.79 Å². The maximum absolute atomic E-state index is 12.1. The maximum Gasteiger partial charge on any atom is 0.337 e. The standard InChI is InChI=1S/C19H15NO4/c1-23-19(22)16-5-2-14(3-6-16)4-11-18(21)15-7-9-17(10-8-15)24-13-12-20/h2-11H,13H2,1H3/b11-4+. The van der Waals surface area contributed by atoms with E-state index < -0.39 is 5.97 Å². The zero-order chi connectivity index (χ0) is 17.4. The van der Waals surface area contributed by atoms with Crippen LogP contribution in [0.4, 0.5) is 0 Å². The average Bonchev–Trinajstić information content (AvgIpc) is 2.64. The van der Waals surface area contributed by atoms with Crippen molar-refractivity contribution in [2.75, 3.05) is 13.7 Å². The Balaban J connectivity index is 2.02. The minimum Gasteiger partial charge on any atom is -0.479 e. The number of ether oxygens (including phenoxy) is 2. The summed E-state index contributed by atoms with van der Waals surface area (Å²) >= 11 is 0. The van der Waals surface area contributed by atoms with Crippen LogP contribution in [0.5, 0.6) is 5.75 Å². The third-order valence-corrected chi connectivity index (χ3v) is 3.20. The van der Waals surface area contributed by atoms with Gasteiger partial charge >= 0.3 is 5.97 Å². The first kappa shape index (κ1) is 17.0. The maximum atomic E-state index is 12.1. The van der Waals surface area contributed by atoms with Gasteiger partial charge in [-0.3, -0.25) is 4.79 Å². The fourth-order valence-electron chi connectivity index (χ4n) is 1.95. The molecule has 0 atom stereocenters. The van der Waals surface area contributed by atoms with E-state index in [0.29, 0.717) is 16.9 Å². The van der Waals surface area contributed by atoms with Crippen LogP contribution in [0, 0.1) is 11.3 Å². The second-order valence-corrected chi connectivity index (χ2v) is 4.78. The third-order valence-electron chi connectivity index (χ3n) is 3.20. The molecule has 0 aliphatic carbocycles. The van der Waals surface area contributed by atoms with Gasteiger partial charge in [0.2, 0.25) is 0 Å². The number of hydrogen-bond donors (Lipinski definition) is 0. The van der Waals surface area contributed by atoms with Crippen molar-refractivity contribution in [2.24, 2.45) is 0 Å². The molecule has 2 aromatic carbocycles. The van der Waals surface area contributed by atoms with Crippen molar-refractivity contribution < 1.29 is 19.1 Å². The molecule has 0 unspecified atom stereocenters. The molecular weight excluding hydrogens is 306 g/mol. The molecule has 0 aliphatic rings. The van der Waals surface area contributed by atoms with Gasteiger partial charge in [0.25, 0.3) is 0 Å². The summed E-state index contributed by atoms with van der Waals surface area (Å²) in [5.41, 5.74) is 1.76. The molecule has 0 spiro atoms. The van der Waals surface area contributed by atoms with Crippen molar-refractivity contribution in [1.29, 1.82) is 5.26 Å². The average molecular weight is 321 g/mol. The molecule has 5 nitrogen and oxygen atoms in total. The predicted octanol–water partition coefficient (Wildman–Crippen LogP) is 3.27. The number of benzene rings is 2. The van der Waals surface area contributed by atoms with E-state index in [2.05, 4.69) is 4.74 Å². The summed E-state index contributed by atoms with van der Waals surface area (Å²) in [4.78, 5) is 23.5. The lowest BCUT2D eigenvalue weighted by molar-refractivity contribution is 0.0600. The normalized spacial score (nSPS) is 10.2. The molecule has 2 rings (SSSR count). The zero-order valence-corrected chi connectivity index (χ0v) is 13.1. The molecule has 0 saturated carbocycles. The van der Waals surface area contributed by atoms with Gasteiger partial charge in [-0.2, -0.15) is 5.26 Å². The van der Waals surface area contributed by atoms with Gasteiger partial charge in [0.1, 0.15) is 11.8 Å². The second kappa shape index (κ2) is 8.30. The lowest BCUT2D eigenvalue weighted by Gasteiger charge is -2.02. The summed E-state index contributed by atoms with van der Waals surface area (Å²) in [6, 6.07) is 15.2. The number of rotatable bonds is 6. The number of nitrogens with zero attached hydrogens (tertiary/aromatic N) is 1. The Hall–Kier alpha value is -3.39. The molecule has 5 heteroatoms. The van der Waals surface area contributed by atoms with Gasteiger partial charge in [0, 0.05) is 5.56 Å². The molecule has 0 aromatic heterocycles. The topological polar surface area (TPSA) is 76.4 Å². The number of ketones is 1. The van der Waals surface area contributed by atoms with Gasteiger partial charge in [0.15, 0.2) is 12.4 Å². The molecule has 2 aromatic rings. The molecule has 0 heterocycles. The summed E-state index contributed by atoms with van der Waals surface area (Å²) < 4.78 is 9.76. The molecule has 0 bridgehead atoms. The highest BCUT2D eigenvalue weighted by Crippen LogP contribution is 2.14. The highest BCUT2D eigenvalue weighted by Gasteiger charge is 2.04. The van der Waals surface area contributed by atoms with Crippen LogP contribution in [0.15, 0.2) is 54.6 Å². The van der Waals surface area contributed by atoms with Crippen molar-refractivity contribution in [3.05, 3.63) is 71.3 Å². The molecule has 0 radical (unpaired) electrons. The van der Waals surface area contributed by atoms with Crippen LogP contribution in [0.1, 0.15) is 26.3 Å². The SMILES string of the molecule is COC(=O)c1ccc(/C=C/C(=O)c2ccc(OCC#N)cc2)cc1. The van der Waals surface area contributed by atoms with Crippen molar-refractivity contribution in [2.45, 2.75) is 0 Å². The number of carbonyl (C=O) groups is 2. The predicted molar refractivity (Wildman–Crippen MR) is 88.7 cm³/mol. The Kier molecular flexibility index (Phi) is 5.87. The van der Waals surface area contributed by atoms with Gasteiger partial charge in [-0.1, -0.05) is 18.2 Å². The van der Waals surface area contributed by atoms with Crippen LogP contribution in [0.25, 0.3) is 6.08 Å². The van der Waals surface area contributed by atoms with Crippen molar-refractivity contribution >= 4 is 17.8 Å². The number of allylic oxidation sites excluding steroid dienone is 1. The van der Waals surface area contributed by atoms with E-state index in [1.807, 2.05) is 6.07 Å². The van der Waals surface area contributed by atoms with Crippen molar-refractivity contribution in [3.63, 3.8) is 0 Å². The van der Waals surface area contributed by atoms with E-state index in [4.69, 9.17) is 10.00 Å². The molecule has 24 heavy (non-hydrogen) atoms. The van der Waals surface area contributed by atoms with E-state index in [9.17, 15) is 9.59 Å². The monoisotopic (exact) mass is 321 g/mol. The van der Waals surface area contributed by atoms with Crippen molar-refractivity contribution in [3.8, 4) is 11.8 Å². The van der Waals surface area contributed by atoms with E-state index in [-0.39, 0.29) is 12.4 Å². The van der Waals surface area contributed by atoms with E-state index in [1.54, 1.807) is 54.6 Å².